The summed E-state index contributed by atoms with van der Waals surface area (Å²) in [5.74, 6) is 0.871. The van der Waals surface area contributed by atoms with E-state index in [0.717, 1.165) is 5.75 Å². The second-order valence-electron chi connectivity index (χ2n) is 5.24. The Kier molecular flexibility index (Phi) is 3.86. The zero-order valence-corrected chi connectivity index (χ0v) is 13.0. The normalized spacial score (nSPS) is 24.3. The molecule has 1 unspecified atom stereocenters. The number of nitrogens with zero attached hydrogens (tertiary/aromatic N) is 1. The van der Waals surface area contributed by atoms with Crippen LogP contribution in [0.3, 0.4) is 0 Å². The molecule has 1 N–H and O–H groups in total. The molecule has 1 aliphatic rings. The zero-order valence-electron chi connectivity index (χ0n) is 11.3. The SMILES string of the molecule is CC1N(S(=O)(=O)c2ccc(O)cc2)CCSC1(C)C. The van der Waals surface area contributed by atoms with Crippen molar-refractivity contribution < 1.29 is 13.5 Å². The fraction of sp³-hybridized carbons (Fsp3) is 0.538. The van der Waals surface area contributed by atoms with E-state index in [9.17, 15) is 13.5 Å². The zero-order chi connectivity index (χ0) is 14.3. The lowest BCUT2D eigenvalue weighted by Crippen LogP contribution is -2.53. The molecule has 0 amide bonds. The van der Waals surface area contributed by atoms with Crippen LogP contribution in [0.15, 0.2) is 29.2 Å². The van der Waals surface area contributed by atoms with E-state index in [4.69, 9.17) is 0 Å². The second kappa shape index (κ2) is 5.00. The van der Waals surface area contributed by atoms with Crippen molar-refractivity contribution in [3.05, 3.63) is 24.3 Å². The molecule has 0 bridgehead atoms. The Morgan fingerprint density at radius 3 is 2.47 bits per heavy atom. The lowest BCUT2D eigenvalue weighted by atomic mass is 10.1. The van der Waals surface area contributed by atoms with E-state index in [1.165, 1.54) is 24.3 Å². The van der Waals surface area contributed by atoms with Crippen LogP contribution < -0.4 is 0 Å². The maximum Gasteiger partial charge on any atom is 0.243 e. The van der Waals surface area contributed by atoms with Crippen LogP contribution in [0, 0.1) is 0 Å². The fourth-order valence-electron chi connectivity index (χ4n) is 2.14. The van der Waals surface area contributed by atoms with Crippen LogP contribution in [0.5, 0.6) is 5.75 Å². The molecule has 1 aromatic carbocycles. The smallest absolute Gasteiger partial charge is 0.243 e. The first-order valence-corrected chi connectivity index (χ1v) is 8.62. The predicted octanol–water partition coefficient (Wildman–Crippen LogP) is 2.30. The molecule has 6 heteroatoms. The summed E-state index contributed by atoms with van der Waals surface area (Å²) >= 11 is 1.80. The van der Waals surface area contributed by atoms with Crippen molar-refractivity contribution in [2.75, 3.05) is 12.3 Å². The van der Waals surface area contributed by atoms with Gasteiger partial charge in [0.25, 0.3) is 0 Å². The molecule has 1 heterocycles. The van der Waals surface area contributed by atoms with Crippen LogP contribution in [0.4, 0.5) is 0 Å². The highest BCUT2D eigenvalue weighted by Crippen LogP contribution is 2.37. The number of aromatic hydroxyl groups is 1. The molecule has 1 aliphatic heterocycles. The van der Waals surface area contributed by atoms with Gasteiger partial charge < -0.3 is 5.11 Å². The highest BCUT2D eigenvalue weighted by Gasteiger charge is 2.41. The molecular weight excluding hydrogens is 282 g/mol. The number of phenols is 1. The second-order valence-corrected chi connectivity index (χ2v) is 8.88. The van der Waals surface area contributed by atoms with E-state index in [-0.39, 0.29) is 21.4 Å². The van der Waals surface area contributed by atoms with Crippen LogP contribution >= 0.6 is 11.8 Å². The minimum absolute atomic E-state index is 0.0648. The molecule has 19 heavy (non-hydrogen) atoms. The summed E-state index contributed by atoms with van der Waals surface area (Å²) in [5.41, 5.74) is 0. The van der Waals surface area contributed by atoms with Gasteiger partial charge in [0.2, 0.25) is 10.0 Å². The monoisotopic (exact) mass is 301 g/mol. The van der Waals surface area contributed by atoms with Gasteiger partial charge in [0, 0.05) is 23.1 Å². The van der Waals surface area contributed by atoms with Gasteiger partial charge in [-0.1, -0.05) is 0 Å². The Morgan fingerprint density at radius 2 is 1.89 bits per heavy atom. The van der Waals surface area contributed by atoms with Crippen LogP contribution in [0.1, 0.15) is 20.8 Å². The first-order chi connectivity index (χ1) is 8.75. The molecule has 106 valence electrons. The highest BCUT2D eigenvalue weighted by molar-refractivity contribution is 8.00. The summed E-state index contributed by atoms with van der Waals surface area (Å²) in [5, 5.41) is 9.26. The van der Waals surface area contributed by atoms with Gasteiger partial charge in [0.1, 0.15) is 5.75 Å². The number of phenolic OH excluding ortho intramolecular Hbond substituents is 1. The van der Waals surface area contributed by atoms with Crippen LogP contribution in [0.25, 0.3) is 0 Å². The Morgan fingerprint density at radius 1 is 1.32 bits per heavy atom. The number of hydrogen-bond acceptors (Lipinski definition) is 4. The summed E-state index contributed by atoms with van der Waals surface area (Å²) in [6, 6.07) is 5.64. The van der Waals surface area contributed by atoms with Gasteiger partial charge in [-0.25, -0.2) is 8.42 Å². The van der Waals surface area contributed by atoms with E-state index >= 15 is 0 Å². The first kappa shape index (κ1) is 14.7. The third kappa shape index (κ3) is 2.75. The molecule has 0 aliphatic carbocycles. The molecule has 1 aromatic rings. The fourth-order valence-corrected chi connectivity index (χ4v) is 5.27. The molecule has 1 fully saturated rings. The van der Waals surface area contributed by atoms with Crippen molar-refractivity contribution in [2.24, 2.45) is 0 Å². The van der Waals surface area contributed by atoms with E-state index in [1.807, 2.05) is 6.92 Å². The minimum atomic E-state index is -3.49. The largest absolute Gasteiger partial charge is 0.508 e. The first-order valence-electron chi connectivity index (χ1n) is 6.20. The van der Waals surface area contributed by atoms with Gasteiger partial charge in [-0.15, -0.1) is 0 Å². The van der Waals surface area contributed by atoms with Crippen LogP contribution in [0.2, 0.25) is 0 Å². The van der Waals surface area contributed by atoms with Crippen molar-refractivity contribution in [3.63, 3.8) is 0 Å². The third-order valence-electron chi connectivity index (χ3n) is 3.67. The number of benzene rings is 1. The average molecular weight is 301 g/mol. The highest BCUT2D eigenvalue weighted by atomic mass is 32.2. The molecule has 1 saturated heterocycles. The number of rotatable bonds is 2. The number of hydrogen-bond donors (Lipinski definition) is 1. The van der Waals surface area contributed by atoms with Gasteiger partial charge in [-0.05, 0) is 45.0 Å². The van der Waals surface area contributed by atoms with Crippen molar-refractivity contribution in [2.45, 2.75) is 36.5 Å². The maximum absolute atomic E-state index is 12.6. The molecule has 0 aromatic heterocycles. The van der Waals surface area contributed by atoms with Crippen LogP contribution in [-0.4, -0.2) is 40.9 Å². The lowest BCUT2D eigenvalue weighted by Gasteiger charge is -2.43. The Labute approximate surface area is 118 Å². The van der Waals surface area contributed by atoms with E-state index < -0.39 is 10.0 Å². The average Bonchev–Trinajstić information content (AvgIpc) is 2.33. The van der Waals surface area contributed by atoms with E-state index in [1.54, 1.807) is 16.1 Å². The topological polar surface area (TPSA) is 57.6 Å². The molecule has 0 saturated carbocycles. The molecule has 0 spiro atoms. The lowest BCUT2D eigenvalue weighted by molar-refractivity contribution is 0.296. The Balaban J connectivity index is 2.36. The summed E-state index contributed by atoms with van der Waals surface area (Å²) in [6.45, 7) is 6.62. The Hall–Kier alpha value is -0.720. The van der Waals surface area contributed by atoms with Crippen LogP contribution in [-0.2, 0) is 10.0 Å². The molecule has 2 rings (SSSR count). The number of thioether (sulfide) groups is 1. The summed E-state index contributed by atoms with van der Waals surface area (Å²) < 4.78 is 26.7. The summed E-state index contributed by atoms with van der Waals surface area (Å²) in [7, 11) is -3.49. The molecule has 0 radical (unpaired) electrons. The molecule has 4 nitrogen and oxygen atoms in total. The summed E-state index contributed by atoms with van der Waals surface area (Å²) in [4.78, 5) is 0.236. The standard InChI is InChI=1S/C13H19NO3S2/c1-10-13(2,3)18-9-8-14(10)19(16,17)12-6-4-11(15)5-7-12/h4-7,10,15H,8-9H2,1-3H3. The van der Waals surface area contributed by atoms with Gasteiger partial charge in [-0.3, -0.25) is 0 Å². The van der Waals surface area contributed by atoms with Crippen molar-refractivity contribution in [1.82, 2.24) is 4.31 Å². The Bertz CT molecular complexity index is 552. The molecular formula is C13H19NO3S2. The summed E-state index contributed by atoms with van der Waals surface area (Å²) in [6.07, 6.45) is 0. The predicted molar refractivity (Wildman–Crippen MR) is 78.0 cm³/mol. The van der Waals surface area contributed by atoms with Gasteiger partial charge in [0.05, 0.1) is 4.90 Å². The maximum atomic E-state index is 12.6. The van der Waals surface area contributed by atoms with Crippen molar-refractivity contribution >= 4 is 21.8 Å². The van der Waals surface area contributed by atoms with Gasteiger partial charge >= 0.3 is 0 Å². The number of sulfonamides is 1. The van der Waals surface area contributed by atoms with Crippen molar-refractivity contribution in [1.29, 1.82) is 0 Å². The van der Waals surface area contributed by atoms with Crippen molar-refractivity contribution in [3.8, 4) is 5.75 Å². The third-order valence-corrected chi connectivity index (χ3v) is 7.12. The quantitative estimate of drug-likeness (QED) is 0.910. The van der Waals surface area contributed by atoms with Gasteiger partial charge in [-0.2, -0.15) is 16.1 Å². The van der Waals surface area contributed by atoms with E-state index in [2.05, 4.69) is 13.8 Å². The van der Waals surface area contributed by atoms with Gasteiger partial charge in [0.15, 0.2) is 0 Å². The minimum Gasteiger partial charge on any atom is -0.508 e. The van der Waals surface area contributed by atoms with E-state index in [0.29, 0.717) is 6.54 Å². The molecule has 1 atom stereocenters.